The Morgan fingerprint density at radius 2 is 1.88 bits per heavy atom. The van der Waals surface area contributed by atoms with Crippen molar-refractivity contribution >= 4 is 23.2 Å². The van der Waals surface area contributed by atoms with E-state index in [-0.39, 0.29) is 6.42 Å². The number of hydrogen-bond acceptors (Lipinski definition) is 3. The van der Waals surface area contributed by atoms with Gasteiger partial charge in [0.25, 0.3) is 0 Å². The predicted molar refractivity (Wildman–Crippen MR) is 68.5 cm³/mol. The summed E-state index contributed by atoms with van der Waals surface area (Å²) in [6.07, 6.45) is -0.236. The van der Waals surface area contributed by atoms with E-state index in [4.69, 9.17) is 32.7 Å². The van der Waals surface area contributed by atoms with Crippen LogP contribution in [0.4, 0.5) is 0 Å². The SMILES string of the molecule is COC(CC(C)(O)c1cc(Cl)ccc1Cl)OC. The van der Waals surface area contributed by atoms with Crippen LogP contribution in [0.2, 0.25) is 10.0 Å². The second kappa shape index (κ2) is 6.03. The zero-order chi connectivity index (χ0) is 13.1. The minimum Gasteiger partial charge on any atom is -0.385 e. The maximum absolute atomic E-state index is 10.4. The van der Waals surface area contributed by atoms with Crippen molar-refractivity contribution < 1.29 is 14.6 Å². The van der Waals surface area contributed by atoms with Crippen molar-refractivity contribution in [2.45, 2.75) is 25.2 Å². The van der Waals surface area contributed by atoms with Gasteiger partial charge in [0.05, 0.1) is 5.60 Å². The molecule has 0 amide bonds. The van der Waals surface area contributed by atoms with Crippen molar-refractivity contribution in [1.82, 2.24) is 0 Å². The molecule has 0 aliphatic carbocycles. The molecule has 1 aromatic rings. The molecule has 1 rings (SSSR count). The van der Waals surface area contributed by atoms with E-state index in [1.807, 2.05) is 0 Å². The number of ether oxygens (including phenoxy) is 2. The van der Waals surface area contributed by atoms with Crippen molar-refractivity contribution in [1.29, 1.82) is 0 Å². The first-order valence-electron chi connectivity index (χ1n) is 5.14. The molecule has 1 N–H and O–H groups in total. The van der Waals surface area contributed by atoms with Gasteiger partial charge in [0.2, 0.25) is 0 Å². The second-order valence-electron chi connectivity index (χ2n) is 4.00. The molecule has 1 aromatic carbocycles. The van der Waals surface area contributed by atoms with E-state index in [1.54, 1.807) is 25.1 Å². The standard InChI is InChI=1S/C12H16Cl2O3/c1-12(15,7-11(16-2)17-3)9-6-8(13)4-5-10(9)14/h4-6,11,15H,7H2,1-3H3. The molecule has 0 fully saturated rings. The maximum Gasteiger partial charge on any atom is 0.159 e. The Hall–Kier alpha value is -0.320. The van der Waals surface area contributed by atoms with Gasteiger partial charge >= 0.3 is 0 Å². The summed E-state index contributed by atoms with van der Waals surface area (Å²) >= 11 is 11.9. The first kappa shape index (κ1) is 14.7. The lowest BCUT2D eigenvalue weighted by molar-refractivity contribution is -0.142. The third kappa shape index (κ3) is 3.83. The van der Waals surface area contributed by atoms with E-state index in [2.05, 4.69) is 0 Å². The molecule has 0 aliphatic heterocycles. The molecule has 0 aliphatic rings. The maximum atomic E-state index is 10.4. The zero-order valence-electron chi connectivity index (χ0n) is 10.0. The fourth-order valence-corrected chi connectivity index (χ4v) is 2.10. The second-order valence-corrected chi connectivity index (χ2v) is 4.85. The Bertz CT molecular complexity index is 376. The molecule has 0 spiro atoms. The van der Waals surface area contributed by atoms with Gasteiger partial charge in [-0.25, -0.2) is 0 Å². The largest absolute Gasteiger partial charge is 0.385 e. The van der Waals surface area contributed by atoms with E-state index in [0.29, 0.717) is 15.6 Å². The Kier molecular flexibility index (Phi) is 5.22. The minimum absolute atomic E-state index is 0.264. The highest BCUT2D eigenvalue weighted by molar-refractivity contribution is 6.33. The minimum atomic E-state index is -1.17. The number of aliphatic hydroxyl groups is 1. The number of halogens is 2. The van der Waals surface area contributed by atoms with E-state index in [9.17, 15) is 5.11 Å². The van der Waals surface area contributed by atoms with E-state index in [1.165, 1.54) is 14.2 Å². The Balaban J connectivity index is 2.99. The van der Waals surface area contributed by atoms with Gasteiger partial charge < -0.3 is 14.6 Å². The molecular weight excluding hydrogens is 263 g/mol. The topological polar surface area (TPSA) is 38.7 Å². The van der Waals surface area contributed by atoms with Crippen LogP contribution in [0.1, 0.15) is 18.9 Å². The fraction of sp³-hybridized carbons (Fsp3) is 0.500. The quantitative estimate of drug-likeness (QED) is 0.841. The molecule has 5 heteroatoms. The Labute approximate surface area is 111 Å². The number of methoxy groups -OCH3 is 2. The van der Waals surface area contributed by atoms with Gasteiger partial charge in [-0.1, -0.05) is 23.2 Å². The first-order chi connectivity index (χ1) is 7.90. The highest BCUT2D eigenvalue weighted by atomic mass is 35.5. The summed E-state index contributed by atoms with van der Waals surface area (Å²) in [5.41, 5.74) is -0.607. The van der Waals surface area contributed by atoms with Crippen LogP contribution in [-0.2, 0) is 15.1 Å². The normalized spacial score (nSPS) is 15.0. The predicted octanol–water partition coefficient (Wildman–Crippen LogP) is 3.21. The van der Waals surface area contributed by atoms with Gasteiger partial charge in [-0.2, -0.15) is 0 Å². The molecule has 0 radical (unpaired) electrons. The Morgan fingerprint density at radius 1 is 1.29 bits per heavy atom. The number of hydrogen-bond donors (Lipinski definition) is 1. The summed E-state index contributed by atoms with van der Waals surface area (Å²) in [5, 5.41) is 11.4. The van der Waals surface area contributed by atoms with E-state index < -0.39 is 11.9 Å². The highest BCUT2D eigenvalue weighted by Crippen LogP contribution is 2.34. The molecule has 0 heterocycles. The summed E-state index contributed by atoms with van der Waals surface area (Å²) in [4.78, 5) is 0. The van der Waals surface area contributed by atoms with Crippen molar-refractivity contribution in [3.63, 3.8) is 0 Å². The summed E-state index contributed by atoms with van der Waals surface area (Å²) in [7, 11) is 3.04. The third-order valence-electron chi connectivity index (χ3n) is 2.60. The van der Waals surface area contributed by atoms with Crippen LogP contribution in [0.3, 0.4) is 0 Å². The van der Waals surface area contributed by atoms with Crippen molar-refractivity contribution in [3.8, 4) is 0 Å². The molecule has 1 atom stereocenters. The molecule has 96 valence electrons. The fourth-order valence-electron chi connectivity index (χ4n) is 1.61. The average Bonchev–Trinajstić information content (AvgIpc) is 2.29. The molecule has 0 saturated heterocycles. The molecule has 0 saturated carbocycles. The summed E-state index contributed by atoms with van der Waals surface area (Å²) in [5.74, 6) is 0. The van der Waals surface area contributed by atoms with E-state index >= 15 is 0 Å². The lowest BCUT2D eigenvalue weighted by atomic mass is 9.92. The Morgan fingerprint density at radius 3 is 2.41 bits per heavy atom. The molecular formula is C12H16Cl2O3. The lowest BCUT2D eigenvalue weighted by Crippen LogP contribution is -2.30. The molecule has 1 unspecified atom stereocenters. The molecule has 17 heavy (non-hydrogen) atoms. The van der Waals surface area contributed by atoms with Crippen LogP contribution in [-0.4, -0.2) is 25.6 Å². The van der Waals surface area contributed by atoms with Crippen molar-refractivity contribution in [2.24, 2.45) is 0 Å². The lowest BCUT2D eigenvalue weighted by Gasteiger charge is -2.28. The molecule has 3 nitrogen and oxygen atoms in total. The van der Waals surface area contributed by atoms with Crippen molar-refractivity contribution in [2.75, 3.05) is 14.2 Å². The van der Waals surface area contributed by atoms with Crippen LogP contribution in [0.15, 0.2) is 18.2 Å². The van der Waals surface area contributed by atoms with Gasteiger partial charge in [0.15, 0.2) is 6.29 Å². The van der Waals surface area contributed by atoms with Gasteiger partial charge in [-0.15, -0.1) is 0 Å². The van der Waals surface area contributed by atoms with Gasteiger partial charge in [-0.3, -0.25) is 0 Å². The van der Waals surface area contributed by atoms with Crippen LogP contribution < -0.4 is 0 Å². The van der Waals surface area contributed by atoms with Crippen LogP contribution >= 0.6 is 23.2 Å². The third-order valence-corrected chi connectivity index (χ3v) is 3.16. The van der Waals surface area contributed by atoms with Gasteiger partial charge in [0.1, 0.15) is 0 Å². The van der Waals surface area contributed by atoms with Gasteiger partial charge in [-0.05, 0) is 25.1 Å². The number of benzene rings is 1. The van der Waals surface area contributed by atoms with Crippen LogP contribution in [0.25, 0.3) is 0 Å². The van der Waals surface area contributed by atoms with Gasteiger partial charge in [0, 0.05) is 36.2 Å². The summed E-state index contributed by atoms with van der Waals surface area (Å²) in [6, 6.07) is 4.97. The van der Waals surface area contributed by atoms with E-state index in [0.717, 1.165) is 0 Å². The average molecular weight is 279 g/mol. The highest BCUT2D eigenvalue weighted by Gasteiger charge is 2.29. The van der Waals surface area contributed by atoms with Crippen molar-refractivity contribution in [3.05, 3.63) is 33.8 Å². The molecule has 0 aromatic heterocycles. The monoisotopic (exact) mass is 278 g/mol. The summed E-state index contributed by atoms with van der Waals surface area (Å²) < 4.78 is 10.1. The summed E-state index contributed by atoms with van der Waals surface area (Å²) in [6.45, 7) is 1.65. The molecule has 0 bridgehead atoms. The first-order valence-corrected chi connectivity index (χ1v) is 5.90. The van der Waals surface area contributed by atoms with Crippen LogP contribution in [0.5, 0.6) is 0 Å². The smallest absolute Gasteiger partial charge is 0.159 e. The van der Waals surface area contributed by atoms with Crippen LogP contribution in [0, 0.1) is 0 Å². The zero-order valence-corrected chi connectivity index (χ0v) is 11.5. The number of rotatable bonds is 5.